The second kappa shape index (κ2) is 10.6. The molecule has 0 amide bonds. The Morgan fingerprint density at radius 1 is 0.562 bits per heavy atom. The Labute approximate surface area is 202 Å². The number of aryl methyl sites for hydroxylation is 2. The molecule has 0 heterocycles. The van der Waals surface area contributed by atoms with Crippen LogP contribution in [0.5, 0.6) is 0 Å². The van der Waals surface area contributed by atoms with Crippen LogP contribution in [0.15, 0.2) is 36.4 Å². The van der Waals surface area contributed by atoms with Crippen LogP contribution < -0.4 is 21.2 Å². The maximum Gasteiger partial charge on any atom is 0.102 e. The van der Waals surface area contributed by atoms with Gasteiger partial charge in [-0.05, 0) is 119 Å². The van der Waals surface area contributed by atoms with Gasteiger partial charge in [0, 0.05) is 25.1 Å². The van der Waals surface area contributed by atoms with E-state index in [-0.39, 0.29) is 0 Å². The Hall–Kier alpha value is -0.270. The monoisotopic (exact) mass is 490 g/mol. The van der Waals surface area contributed by atoms with Crippen molar-refractivity contribution in [3.8, 4) is 0 Å². The van der Waals surface area contributed by atoms with Gasteiger partial charge in [0.15, 0.2) is 0 Å². The Bertz CT molecular complexity index is 832. The van der Waals surface area contributed by atoms with Gasteiger partial charge in [0.25, 0.3) is 0 Å². The summed E-state index contributed by atoms with van der Waals surface area (Å²) in [7, 11) is -2.97. The van der Waals surface area contributed by atoms with Gasteiger partial charge in [0.1, 0.15) is 10.6 Å². The predicted molar refractivity (Wildman–Crippen MR) is 160 cm³/mol. The Kier molecular flexibility index (Phi) is 9.23. The maximum absolute atomic E-state index is 2.61. The fraction of sp³-hybridized carbons (Fsp3) is 0.586. The van der Waals surface area contributed by atoms with Gasteiger partial charge in [-0.1, -0.05) is 12.1 Å². The van der Waals surface area contributed by atoms with Crippen molar-refractivity contribution in [2.45, 2.75) is 91.9 Å². The molecule has 0 saturated carbocycles. The highest BCUT2D eigenvalue weighted by Crippen LogP contribution is 2.64. The fourth-order valence-corrected chi connectivity index (χ4v) is 15.6. The van der Waals surface area contributed by atoms with E-state index in [0.717, 1.165) is 0 Å². The lowest BCUT2D eigenvalue weighted by Gasteiger charge is -2.36. The molecule has 32 heavy (non-hydrogen) atoms. The van der Waals surface area contributed by atoms with Crippen molar-refractivity contribution in [1.82, 2.24) is 0 Å². The summed E-state index contributed by atoms with van der Waals surface area (Å²) in [6.07, 6.45) is 0. The van der Waals surface area contributed by atoms with Gasteiger partial charge in [-0.2, -0.15) is 0 Å². The van der Waals surface area contributed by atoms with E-state index >= 15 is 0 Å². The largest absolute Gasteiger partial charge is 0.102 e. The van der Waals surface area contributed by atoms with Crippen LogP contribution in [-0.4, -0.2) is 42.6 Å². The van der Waals surface area contributed by atoms with Crippen molar-refractivity contribution in [3.63, 3.8) is 0 Å². The second-order valence-electron chi connectivity index (χ2n) is 11.2. The zero-order chi connectivity index (χ0) is 24.6. The smallest absolute Gasteiger partial charge is 0.0584 e. The second-order valence-corrected chi connectivity index (χ2v) is 23.0. The molecule has 0 N–H and O–H groups in total. The molecule has 0 nitrogen and oxygen atoms in total. The first-order valence-corrected chi connectivity index (χ1v) is 18.9. The van der Waals surface area contributed by atoms with Crippen molar-refractivity contribution in [2.24, 2.45) is 0 Å². The summed E-state index contributed by atoms with van der Waals surface area (Å²) in [5, 5.41) is 6.65. The van der Waals surface area contributed by atoms with Gasteiger partial charge < -0.3 is 0 Å². The zero-order valence-electron chi connectivity index (χ0n) is 23.1. The third-order valence-electron chi connectivity index (χ3n) is 8.31. The quantitative estimate of drug-likeness (QED) is 0.335. The normalized spacial score (nSPS) is 13.3. The zero-order valence-corrected chi connectivity index (χ0v) is 25.8. The van der Waals surface area contributed by atoms with Crippen molar-refractivity contribution in [1.29, 1.82) is 0 Å². The number of benzene rings is 2. The first-order valence-electron chi connectivity index (χ1n) is 12.4. The molecule has 0 fully saturated rings. The summed E-state index contributed by atoms with van der Waals surface area (Å²) in [5.74, 6) is 0. The molecule has 3 heteroatoms. The summed E-state index contributed by atoms with van der Waals surface area (Å²) < 4.78 is 0. The van der Waals surface area contributed by atoms with E-state index in [1.165, 1.54) is 11.1 Å². The van der Waals surface area contributed by atoms with Crippen molar-refractivity contribution in [3.05, 3.63) is 47.5 Å². The molecular weight excluding hydrogens is 441 g/mol. The Balaban J connectivity index is 2.83. The molecule has 0 saturated heterocycles. The molecular formula is C29H49P3+2. The summed E-state index contributed by atoms with van der Waals surface area (Å²) in [4.78, 5) is 0. The highest BCUT2D eigenvalue weighted by molar-refractivity contribution is 7.88. The van der Waals surface area contributed by atoms with Crippen molar-refractivity contribution >= 4 is 43.7 Å². The van der Waals surface area contributed by atoms with E-state index in [9.17, 15) is 0 Å². The molecule has 0 aliphatic heterocycles. The molecule has 2 aromatic carbocycles. The van der Waals surface area contributed by atoms with Gasteiger partial charge in [0.05, 0.1) is 36.0 Å². The van der Waals surface area contributed by atoms with Crippen LogP contribution in [0.4, 0.5) is 0 Å². The van der Waals surface area contributed by atoms with Gasteiger partial charge in [-0.3, -0.25) is 0 Å². The van der Waals surface area contributed by atoms with Gasteiger partial charge in [-0.25, -0.2) is 0 Å². The van der Waals surface area contributed by atoms with Gasteiger partial charge in [0.2, 0.25) is 0 Å². The summed E-state index contributed by atoms with van der Waals surface area (Å²) >= 11 is 0. The maximum atomic E-state index is 2.61. The average molecular weight is 491 g/mol. The van der Waals surface area contributed by atoms with Crippen LogP contribution in [0.2, 0.25) is 0 Å². The Morgan fingerprint density at radius 2 is 0.844 bits per heavy atom. The van der Waals surface area contributed by atoms with Crippen molar-refractivity contribution in [2.75, 3.05) is 20.0 Å². The molecule has 178 valence electrons. The van der Waals surface area contributed by atoms with E-state index in [1.54, 1.807) is 21.2 Å². The summed E-state index contributed by atoms with van der Waals surface area (Å²) in [5.41, 5.74) is 5.62. The van der Waals surface area contributed by atoms with Crippen molar-refractivity contribution < 1.29 is 0 Å². The lowest BCUT2D eigenvalue weighted by molar-refractivity contribution is 0.998. The minimum absolute atomic E-state index is 0.409. The summed E-state index contributed by atoms with van der Waals surface area (Å²) in [6, 6.07) is 14.8. The molecule has 0 radical (unpaired) electrons. The average Bonchev–Trinajstić information content (AvgIpc) is 2.71. The van der Waals surface area contributed by atoms with E-state index in [2.05, 4.69) is 126 Å². The van der Waals surface area contributed by atoms with Gasteiger partial charge >= 0.3 is 0 Å². The third-order valence-corrected chi connectivity index (χ3v) is 22.3. The topological polar surface area (TPSA) is 0 Å². The van der Waals surface area contributed by atoms with E-state index < -0.39 is 22.4 Å². The number of hydrogen-bond donors (Lipinski definition) is 0. The minimum Gasteiger partial charge on any atom is -0.0584 e. The fourth-order valence-electron chi connectivity index (χ4n) is 5.04. The third kappa shape index (κ3) is 5.05. The number of hydrogen-bond acceptors (Lipinski definition) is 0. The molecule has 0 aromatic heterocycles. The lowest BCUT2D eigenvalue weighted by Crippen LogP contribution is -2.39. The van der Waals surface area contributed by atoms with Crippen LogP contribution >= 0.6 is 22.4 Å². The van der Waals surface area contributed by atoms with Crippen LogP contribution in [0.1, 0.15) is 66.5 Å². The standard InChI is InChI=1S/C29H49P3/c1-20(2)31(12,21(3)4)28-18-24(9)14-16-26(28)30(11)27-17-15-25(10)19-29(27)32(13,22(5)6)23(7)8/h14-23H,1-13H3/q+2. The highest BCUT2D eigenvalue weighted by atomic mass is 31.2. The molecule has 0 atom stereocenters. The molecule has 2 rings (SSSR count). The SMILES string of the molecule is Cc1ccc(P(C)c2ccc(C)cc2[P+](C)(C(C)C)C(C)C)c([P+](C)(C(C)C)C(C)C)c1. The highest BCUT2D eigenvalue weighted by Gasteiger charge is 2.46. The summed E-state index contributed by atoms with van der Waals surface area (Å²) in [6.45, 7) is 31.9. The lowest BCUT2D eigenvalue weighted by atomic mass is 10.2. The van der Waals surface area contributed by atoms with E-state index in [4.69, 9.17) is 0 Å². The number of rotatable bonds is 8. The molecule has 2 aromatic rings. The molecule has 0 aliphatic rings. The predicted octanol–water partition coefficient (Wildman–Crippen LogP) is 7.54. The molecule has 0 unspecified atom stereocenters. The molecule has 0 spiro atoms. The molecule has 0 aliphatic carbocycles. The first-order chi connectivity index (χ1) is 14.7. The van der Waals surface area contributed by atoms with E-state index in [1.807, 2.05) is 0 Å². The van der Waals surface area contributed by atoms with Gasteiger partial charge in [-0.15, -0.1) is 0 Å². The Morgan fingerprint density at radius 3 is 1.09 bits per heavy atom. The van der Waals surface area contributed by atoms with Crippen LogP contribution in [0, 0.1) is 13.8 Å². The minimum atomic E-state index is -1.28. The van der Waals surface area contributed by atoms with Crippen LogP contribution in [-0.2, 0) is 0 Å². The molecule has 0 bridgehead atoms. The van der Waals surface area contributed by atoms with E-state index in [0.29, 0.717) is 22.6 Å². The van der Waals surface area contributed by atoms with Crippen LogP contribution in [0.3, 0.4) is 0 Å². The first kappa shape index (κ1) is 28.0. The van der Waals surface area contributed by atoms with Crippen LogP contribution in [0.25, 0.3) is 0 Å².